The van der Waals surface area contributed by atoms with Gasteiger partial charge in [0.1, 0.15) is 18.2 Å². The van der Waals surface area contributed by atoms with Gasteiger partial charge in [0, 0.05) is 45.6 Å². The number of ether oxygens (including phenoxy) is 2. The Morgan fingerprint density at radius 3 is 1.25 bits per heavy atom. The van der Waals surface area contributed by atoms with Crippen molar-refractivity contribution in [3.8, 4) is 0 Å². The molecule has 2 N–H and O–H groups in total. The number of unbranched alkanes of at least 4 members (excludes halogenated alkanes) is 29. The summed E-state index contributed by atoms with van der Waals surface area (Å²) in [7, 11) is -7.41. The largest absolute Gasteiger partial charge is 0.472 e. The maximum absolute atomic E-state index is 12.8. The zero-order chi connectivity index (χ0) is 52.4. The molecule has 0 amide bonds. The van der Waals surface area contributed by atoms with E-state index >= 15 is 0 Å². The number of hydrogen-bond acceptors (Lipinski definition) is 12. The number of rotatable bonds is 56. The van der Waals surface area contributed by atoms with Crippen molar-refractivity contribution in [1.82, 2.24) is 0 Å². The Morgan fingerprint density at radius 1 is 0.408 bits per heavy atom. The van der Waals surface area contributed by atoms with Gasteiger partial charge in [0.15, 0.2) is 6.10 Å². The van der Waals surface area contributed by atoms with E-state index in [-0.39, 0.29) is 63.5 Å². The second-order valence-corrected chi connectivity index (χ2v) is 22.5. The molecule has 14 nitrogen and oxygen atoms in total. The van der Waals surface area contributed by atoms with Crippen molar-refractivity contribution >= 4 is 39.2 Å². The van der Waals surface area contributed by atoms with E-state index in [1.807, 2.05) is 0 Å². The summed E-state index contributed by atoms with van der Waals surface area (Å²) in [6, 6.07) is 0. The van der Waals surface area contributed by atoms with Gasteiger partial charge in [-0.2, -0.15) is 0 Å². The number of carbonyl (C=O) groups excluding carboxylic acids is 4. The topological polar surface area (TPSA) is 198 Å². The lowest BCUT2D eigenvalue weighted by Crippen LogP contribution is -2.29. The number of Topliss-reactive ketones (excluding diaryl/α,β-unsaturated/α-hetero) is 2. The molecule has 2 unspecified atom stereocenters. The highest BCUT2D eigenvalue weighted by Crippen LogP contribution is 2.44. The van der Waals surface area contributed by atoms with Crippen LogP contribution in [0.4, 0.5) is 0 Å². The molecule has 71 heavy (non-hydrogen) atoms. The normalized spacial score (nSPS) is 13.8. The van der Waals surface area contributed by atoms with Crippen LogP contribution in [0.25, 0.3) is 0 Å². The number of carbonyl (C=O) groups is 4. The summed E-state index contributed by atoms with van der Waals surface area (Å²) in [5.41, 5.74) is 0. The Labute approximate surface area is 432 Å². The van der Waals surface area contributed by atoms with Gasteiger partial charge in [-0.1, -0.05) is 187 Å². The molecule has 0 rings (SSSR count). The second-order valence-electron chi connectivity index (χ2n) is 19.5. The van der Waals surface area contributed by atoms with Crippen molar-refractivity contribution in [1.29, 1.82) is 0 Å². The molecular formula is C55H104O14P2. The summed E-state index contributed by atoms with van der Waals surface area (Å²) < 4.78 is 54.5. The molecule has 0 aromatic carbocycles. The number of phosphoric acid groups is 2. The Bertz CT molecular complexity index is 1410. The molecule has 3 atom stereocenters. The van der Waals surface area contributed by atoms with Gasteiger partial charge in [-0.3, -0.25) is 37.3 Å². The molecule has 0 heterocycles. The lowest BCUT2D eigenvalue weighted by Gasteiger charge is -2.20. The predicted octanol–water partition coefficient (Wildman–Crippen LogP) is 16.1. The first-order chi connectivity index (χ1) is 34.3. The average Bonchev–Trinajstić information content (AvgIpc) is 3.34. The fourth-order valence-electron chi connectivity index (χ4n) is 8.18. The predicted molar refractivity (Wildman–Crippen MR) is 285 cm³/mol. The standard InChI is InChI=1S/C55H104O14P2/c1-4-6-8-10-12-14-16-18-20-22-24-26-28-32-36-45-54(58)65-49-53(69-55(59)46-37-33-29-27-25-23-21-19-17-15-13-11-9-7-5-2)50-68-71(62,63)67-48-40-44-52(57)43-39-42-51(56)41-35-31-30-34-38-47-66-70(60,61)64-3/h18,20,53H,4-17,19,21-50H2,1-3H3,(H,60,61)(H,62,63)/b20-18-/t53-/m1/s1. The Kier molecular flexibility index (Phi) is 49.2. The van der Waals surface area contributed by atoms with E-state index in [4.69, 9.17) is 23.0 Å². The van der Waals surface area contributed by atoms with Gasteiger partial charge >= 0.3 is 27.6 Å². The van der Waals surface area contributed by atoms with E-state index in [0.29, 0.717) is 38.5 Å². The first-order valence-corrected chi connectivity index (χ1v) is 31.5. The minimum absolute atomic E-state index is 0.0807. The first-order valence-electron chi connectivity index (χ1n) is 28.5. The van der Waals surface area contributed by atoms with Crippen LogP contribution in [0.3, 0.4) is 0 Å². The van der Waals surface area contributed by atoms with E-state index in [0.717, 1.165) is 90.6 Å². The zero-order valence-corrected chi connectivity index (χ0v) is 47.0. The lowest BCUT2D eigenvalue weighted by molar-refractivity contribution is -0.161. The number of allylic oxidation sites excluding steroid dienone is 2. The highest BCUT2D eigenvalue weighted by atomic mass is 31.2. The smallest absolute Gasteiger partial charge is 0.462 e. The molecule has 418 valence electrons. The molecule has 0 saturated heterocycles. The van der Waals surface area contributed by atoms with Gasteiger partial charge in [-0.05, 0) is 64.2 Å². The fraction of sp³-hybridized carbons (Fsp3) is 0.891. The molecule has 0 fully saturated rings. The monoisotopic (exact) mass is 1050 g/mol. The minimum atomic E-state index is -4.59. The van der Waals surface area contributed by atoms with Crippen LogP contribution in [0.15, 0.2) is 12.2 Å². The second kappa shape index (κ2) is 50.4. The molecule has 0 aliphatic carbocycles. The van der Waals surface area contributed by atoms with Gasteiger partial charge in [-0.25, -0.2) is 9.13 Å². The van der Waals surface area contributed by atoms with Gasteiger partial charge < -0.3 is 19.3 Å². The van der Waals surface area contributed by atoms with E-state index in [1.165, 1.54) is 109 Å². The molecule has 0 radical (unpaired) electrons. The molecule has 0 aromatic rings. The van der Waals surface area contributed by atoms with Gasteiger partial charge in [0.25, 0.3) is 0 Å². The molecule has 16 heteroatoms. The molecule has 0 aromatic heterocycles. The Hall–Kier alpha value is -1.76. The number of hydrogen-bond donors (Lipinski definition) is 2. The summed E-state index contributed by atoms with van der Waals surface area (Å²) >= 11 is 0. The molecule has 0 saturated carbocycles. The quantitative estimate of drug-likeness (QED) is 0.0252. The minimum Gasteiger partial charge on any atom is -0.462 e. The number of ketones is 2. The molecule has 0 spiro atoms. The number of phosphoric ester groups is 2. The SMILES string of the molecule is CCCCCCCC/C=C\CCCCCCCC(=O)OC[C@H](COP(=O)(O)OCCCC(=O)CCCC(=O)CCCCCCCOP(=O)(O)OC)OC(=O)CCCCCCCCCCCCCCCCC. The highest BCUT2D eigenvalue weighted by molar-refractivity contribution is 7.47. The third-order valence-corrected chi connectivity index (χ3v) is 14.6. The maximum Gasteiger partial charge on any atom is 0.472 e. The van der Waals surface area contributed by atoms with Crippen LogP contribution in [0.1, 0.15) is 277 Å². The summed E-state index contributed by atoms with van der Waals surface area (Å²) in [6.45, 7) is 3.58. The van der Waals surface area contributed by atoms with E-state index in [9.17, 15) is 38.1 Å². The lowest BCUT2D eigenvalue weighted by atomic mass is 10.0. The third kappa shape index (κ3) is 51.5. The van der Waals surface area contributed by atoms with Crippen LogP contribution >= 0.6 is 15.6 Å². The molecular weight excluding hydrogens is 947 g/mol. The highest BCUT2D eigenvalue weighted by Gasteiger charge is 2.26. The van der Waals surface area contributed by atoms with Crippen LogP contribution in [0, 0.1) is 0 Å². The molecule has 0 aliphatic heterocycles. The Balaban J connectivity index is 4.57. The summed E-state index contributed by atoms with van der Waals surface area (Å²) in [4.78, 5) is 69.8. The van der Waals surface area contributed by atoms with E-state index in [1.54, 1.807) is 0 Å². The van der Waals surface area contributed by atoms with Gasteiger partial charge in [0.05, 0.1) is 19.8 Å². The van der Waals surface area contributed by atoms with Crippen molar-refractivity contribution in [2.45, 2.75) is 283 Å². The van der Waals surface area contributed by atoms with Crippen LogP contribution < -0.4 is 0 Å². The van der Waals surface area contributed by atoms with Crippen molar-refractivity contribution in [3.05, 3.63) is 12.2 Å². The van der Waals surface area contributed by atoms with E-state index < -0.39 is 40.3 Å². The van der Waals surface area contributed by atoms with Crippen molar-refractivity contribution < 1.29 is 65.7 Å². The first kappa shape index (κ1) is 69.2. The van der Waals surface area contributed by atoms with Gasteiger partial charge in [0.2, 0.25) is 0 Å². The summed E-state index contributed by atoms with van der Waals surface area (Å²) in [6.07, 6.45) is 42.6. The molecule has 0 aliphatic rings. The van der Waals surface area contributed by atoms with Gasteiger partial charge in [-0.15, -0.1) is 0 Å². The maximum atomic E-state index is 12.8. The third-order valence-electron chi connectivity index (χ3n) is 12.6. The van der Waals surface area contributed by atoms with Crippen molar-refractivity contribution in [2.75, 3.05) is 33.5 Å². The Morgan fingerprint density at radius 2 is 0.775 bits per heavy atom. The summed E-state index contributed by atoms with van der Waals surface area (Å²) in [5.74, 6) is -0.911. The van der Waals surface area contributed by atoms with Crippen LogP contribution in [0.5, 0.6) is 0 Å². The van der Waals surface area contributed by atoms with Crippen molar-refractivity contribution in [2.24, 2.45) is 0 Å². The zero-order valence-electron chi connectivity index (χ0n) is 45.2. The van der Waals surface area contributed by atoms with E-state index in [2.05, 4.69) is 30.5 Å². The average molecular weight is 1050 g/mol. The van der Waals surface area contributed by atoms with Crippen LogP contribution in [-0.4, -0.2) is 72.9 Å². The molecule has 0 bridgehead atoms. The fourth-order valence-corrected chi connectivity index (χ4v) is 9.44. The van der Waals surface area contributed by atoms with Crippen LogP contribution in [-0.2, 0) is 55.9 Å². The van der Waals surface area contributed by atoms with Crippen molar-refractivity contribution in [3.63, 3.8) is 0 Å². The van der Waals surface area contributed by atoms with Crippen LogP contribution in [0.2, 0.25) is 0 Å². The number of esters is 2. The summed E-state index contributed by atoms with van der Waals surface area (Å²) in [5, 5.41) is 0.